The fraction of sp³-hybridized carbons (Fsp3) is 0.308. The Balaban J connectivity index is 2.18. The molecule has 0 aliphatic carbocycles. The zero-order valence-electron chi connectivity index (χ0n) is 10.9. The number of nitrogens with one attached hydrogen (secondary N) is 1. The molecule has 0 saturated heterocycles. The van der Waals surface area contributed by atoms with Gasteiger partial charge in [-0.2, -0.15) is 0 Å². The van der Waals surface area contributed by atoms with Crippen molar-refractivity contribution in [1.82, 2.24) is 9.55 Å². The Kier molecular flexibility index (Phi) is 3.18. The van der Waals surface area contributed by atoms with Gasteiger partial charge in [-0.05, 0) is 37.4 Å². The molecule has 1 aromatic heterocycles. The predicted octanol–water partition coefficient (Wildman–Crippen LogP) is 2.58. The van der Waals surface area contributed by atoms with Crippen molar-refractivity contribution in [3.8, 4) is 5.75 Å². The van der Waals surface area contributed by atoms with Crippen molar-refractivity contribution in [1.29, 1.82) is 0 Å². The monoisotopic (exact) mass is 310 g/mol. The van der Waals surface area contributed by atoms with E-state index < -0.39 is 9.84 Å². The number of imidazole rings is 1. The van der Waals surface area contributed by atoms with Gasteiger partial charge < -0.3 is 14.3 Å². The maximum Gasteiger partial charge on any atom is 0.178 e. The van der Waals surface area contributed by atoms with Crippen LogP contribution in [0.5, 0.6) is 5.75 Å². The molecule has 0 saturated carbocycles. The number of hydrogen-bond donors (Lipinski definition) is 1. The standard InChI is InChI=1S/C13H14N2O3S2/c1-2-18-11-5-3-4-10-12(11)14-13(19)15(10)9-6-7-20(16,17)8-9/h3-7,9H,2,8H2,1H3,(H,14,19). The Morgan fingerprint density at radius 1 is 1.50 bits per heavy atom. The van der Waals surface area contributed by atoms with Gasteiger partial charge in [0.25, 0.3) is 0 Å². The zero-order valence-corrected chi connectivity index (χ0v) is 12.5. The van der Waals surface area contributed by atoms with Gasteiger partial charge in [-0.25, -0.2) is 8.42 Å². The number of fused-ring (bicyclic) bond motifs is 1. The predicted molar refractivity (Wildman–Crippen MR) is 80.3 cm³/mol. The summed E-state index contributed by atoms with van der Waals surface area (Å²) in [5, 5.41) is 1.25. The Labute approximate surface area is 121 Å². The summed E-state index contributed by atoms with van der Waals surface area (Å²) in [4.78, 5) is 3.11. The van der Waals surface area contributed by atoms with Crippen molar-refractivity contribution in [3.63, 3.8) is 0 Å². The molecule has 7 heteroatoms. The highest BCUT2D eigenvalue weighted by Gasteiger charge is 2.25. The molecule has 1 aliphatic heterocycles. The van der Waals surface area contributed by atoms with E-state index >= 15 is 0 Å². The van der Waals surface area contributed by atoms with Crippen LogP contribution in [0.3, 0.4) is 0 Å². The number of sulfone groups is 1. The summed E-state index contributed by atoms with van der Waals surface area (Å²) in [5.74, 6) is 0.771. The fourth-order valence-electron chi connectivity index (χ4n) is 2.45. The second kappa shape index (κ2) is 4.75. The number of para-hydroxylation sites is 1. The lowest BCUT2D eigenvalue weighted by molar-refractivity contribution is 0.343. The molecule has 1 aromatic carbocycles. The molecule has 1 N–H and O–H groups in total. The van der Waals surface area contributed by atoms with E-state index in [1.807, 2.05) is 29.7 Å². The third-order valence-corrected chi connectivity index (χ3v) is 4.93. The molecule has 5 nitrogen and oxygen atoms in total. The second-order valence-corrected chi connectivity index (χ2v) is 6.93. The summed E-state index contributed by atoms with van der Waals surface area (Å²) in [6.45, 7) is 2.47. The van der Waals surface area contributed by atoms with Crippen LogP contribution in [-0.2, 0) is 9.84 Å². The maximum absolute atomic E-state index is 11.6. The van der Waals surface area contributed by atoms with Crippen molar-refractivity contribution < 1.29 is 13.2 Å². The Morgan fingerprint density at radius 3 is 2.95 bits per heavy atom. The molecule has 2 heterocycles. The van der Waals surface area contributed by atoms with Crippen molar-refractivity contribution in [2.75, 3.05) is 12.4 Å². The van der Waals surface area contributed by atoms with E-state index in [9.17, 15) is 8.42 Å². The van der Waals surface area contributed by atoms with Gasteiger partial charge in [-0.15, -0.1) is 0 Å². The lowest BCUT2D eigenvalue weighted by atomic mass is 10.2. The van der Waals surface area contributed by atoms with E-state index in [1.165, 1.54) is 5.41 Å². The summed E-state index contributed by atoms with van der Waals surface area (Å²) in [7, 11) is -3.12. The third kappa shape index (κ3) is 2.16. The highest BCUT2D eigenvalue weighted by molar-refractivity contribution is 7.94. The van der Waals surface area contributed by atoms with Gasteiger partial charge in [0.1, 0.15) is 11.3 Å². The molecule has 0 bridgehead atoms. The molecule has 3 rings (SSSR count). The maximum atomic E-state index is 11.6. The molecule has 20 heavy (non-hydrogen) atoms. The normalized spacial score (nSPS) is 20.6. The molecule has 1 atom stereocenters. The summed E-state index contributed by atoms with van der Waals surface area (Å²) in [5.41, 5.74) is 1.66. The minimum atomic E-state index is -3.12. The molecule has 0 radical (unpaired) electrons. The van der Waals surface area contributed by atoms with Crippen LogP contribution in [0, 0.1) is 4.77 Å². The lowest BCUT2D eigenvalue weighted by Crippen LogP contribution is -2.11. The van der Waals surface area contributed by atoms with E-state index in [4.69, 9.17) is 17.0 Å². The number of aromatic nitrogens is 2. The largest absolute Gasteiger partial charge is 0.492 e. The topological polar surface area (TPSA) is 64.1 Å². The van der Waals surface area contributed by atoms with Crippen LogP contribution in [0.4, 0.5) is 0 Å². The van der Waals surface area contributed by atoms with E-state index in [0.717, 1.165) is 16.8 Å². The molecule has 1 unspecified atom stereocenters. The lowest BCUT2D eigenvalue weighted by Gasteiger charge is -2.10. The Bertz CT molecular complexity index is 846. The van der Waals surface area contributed by atoms with E-state index in [-0.39, 0.29) is 11.8 Å². The third-order valence-electron chi connectivity index (χ3n) is 3.26. The summed E-state index contributed by atoms with van der Waals surface area (Å²) < 4.78 is 31.1. The first kappa shape index (κ1) is 13.4. The van der Waals surface area contributed by atoms with Gasteiger partial charge in [0.05, 0.1) is 23.9 Å². The summed E-state index contributed by atoms with van der Waals surface area (Å²) >= 11 is 5.33. The number of ether oxygens (including phenoxy) is 1. The molecule has 106 valence electrons. The Hall–Kier alpha value is -1.60. The van der Waals surface area contributed by atoms with Crippen LogP contribution >= 0.6 is 12.2 Å². The smallest absolute Gasteiger partial charge is 0.178 e. The SMILES string of the molecule is CCOc1cccc2c1[nH]c(=S)n2C1C=CS(=O)(=O)C1. The summed E-state index contributed by atoms with van der Waals surface area (Å²) in [6.07, 6.45) is 1.67. The summed E-state index contributed by atoms with van der Waals surface area (Å²) in [6, 6.07) is 5.38. The van der Waals surface area contributed by atoms with Gasteiger partial charge in [0.2, 0.25) is 0 Å². The van der Waals surface area contributed by atoms with Crippen LogP contribution in [0.2, 0.25) is 0 Å². The number of rotatable bonds is 3. The molecular weight excluding hydrogens is 296 g/mol. The van der Waals surface area contributed by atoms with Gasteiger partial charge in [-0.3, -0.25) is 0 Å². The number of nitrogens with zero attached hydrogens (tertiary/aromatic N) is 1. The molecule has 2 aromatic rings. The highest BCUT2D eigenvalue weighted by atomic mass is 32.2. The minimum absolute atomic E-state index is 0.0487. The van der Waals surface area contributed by atoms with Gasteiger partial charge >= 0.3 is 0 Å². The average Bonchev–Trinajstić information content (AvgIpc) is 2.89. The van der Waals surface area contributed by atoms with Crippen LogP contribution in [0.1, 0.15) is 13.0 Å². The van der Waals surface area contributed by atoms with E-state index in [0.29, 0.717) is 11.4 Å². The molecular formula is C13H14N2O3S2. The van der Waals surface area contributed by atoms with E-state index in [1.54, 1.807) is 6.08 Å². The average molecular weight is 310 g/mol. The van der Waals surface area contributed by atoms with Crippen molar-refractivity contribution >= 4 is 33.1 Å². The first-order valence-electron chi connectivity index (χ1n) is 6.29. The van der Waals surface area contributed by atoms with Gasteiger partial charge in [0, 0.05) is 5.41 Å². The number of allylic oxidation sites excluding steroid dienone is 1. The van der Waals surface area contributed by atoms with Gasteiger partial charge in [0.15, 0.2) is 14.6 Å². The van der Waals surface area contributed by atoms with Crippen LogP contribution in [-0.4, -0.2) is 30.3 Å². The Morgan fingerprint density at radius 2 is 2.30 bits per heavy atom. The van der Waals surface area contributed by atoms with E-state index in [2.05, 4.69) is 4.98 Å². The second-order valence-electron chi connectivity index (χ2n) is 4.61. The quantitative estimate of drug-likeness (QED) is 0.885. The van der Waals surface area contributed by atoms with Gasteiger partial charge in [-0.1, -0.05) is 6.07 Å². The van der Waals surface area contributed by atoms with Crippen molar-refractivity contribution in [2.45, 2.75) is 13.0 Å². The van der Waals surface area contributed by atoms with Crippen LogP contribution in [0.15, 0.2) is 29.7 Å². The highest BCUT2D eigenvalue weighted by Crippen LogP contribution is 2.30. The fourth-order valence-corrected chi connectivity index (χ4v) is 4.05. The number of aromatic amines is 1. The number of H-pyrrole nitrogens is 1. The van der Waals surface area contributed by atoms with Crippen LogP contribution < -0.4 is 4.74 Å². The zero-order chi connectivity index (χ0) is 14.3. The number of hydrogen-bond acceptors (Lipinski definition) is 4. The first-order chi connectivity index (χ1) is 9.52. The van der Waals surface area contributed by atoms with Crippen molar-refractivity contribution in [3.05, 3.63) is 34.5 Å². The molecule has 0 spiro atoms. The molecule has 0 amide bonds. The number of benzene rings is 1. The first-order valence-corrected chi connectivity index (χ1v) is 8.41. The van der Waals surface area contributed by atoms with Crippen molar-refractivity contribution in [2.24, 2.45) is 0 Å². The minimum Gasteiger partial charge on any atom is -0.492 e. The van der Waals surface area contributed by atoms with Crippen LogP contribution in [0.25, 0.3) is 11.0 Å². The molecule has 1 aliphatic rings. The molecule has 0 fully saturated rings.